The first-order valence-corrected chi connectivity index (χ1v) is 37.3. The first kappa shape index (κ1) is 91.2. The van der Waals surface area contributed by atoms with Gasteiger partial charge in [0, 0.05) is 26.7 Å². The smallest absolute Gasteiger partial charge is 0.474 e. The lowest BCUT2D eigenvalue weighted by Gasteiger charge is -2.52. The Balaban J connectivity index is 1.13. The van der Waals surface area contributed by atoms with Crippen LogP contribution in [0.5, 0.6) is 0 Å². The maximum Gasteiger partial charge on any atom is 0.474 e. The number of carbonyl (C=O) groups excluding carboxylic acids is 6. The van der Waals surface area contributed by atoms with E-state index < -0.39 is 246 Å². The number of nitrogens with two attached hydrogens (primary N) is 2. The molecule has 0 aromatic rings. The number of phosphoric acid groups is 1. The van der Waals surface area contributed by atoms with E-state index in [1.54, 1.807) is 13.0 Å². The summed E-state index contributed by atoms with van der Waals surface area (Å²) in [7, 11) is -5.87. The van der Waals surface area contributed by atoms with Crippen LogP contribution in [0.2, 0.25) is 0 Å². The fourth-order valence-corrected chi connectivity index (χ4v) is 14.9. The number of Topliss-reactive ketones (excluding diaryl/α,β-unsaturated/α-hetero) is 1. The van der Waals surface area contributed by atoms with Crippen LogP contribution in [0.1, 0.15) is 120 Å². The van der Waals surface area contributed by atoms with Crippen LogP contribution < -0.4 is 27.4 Å². The molecule has 40 nitrogen and oxygen atoms in total. The number of carbonyl (C=O) groups is 7. The lowest BCUT2D eigenvalue weighted by molar-refractivity contribution is -0.376. The van der Waals surface area contributed by atoms with Crippen LogP contribution in [0.25, 0.3) is 0 Å². The number of rotatable bonds is 35. The van der Waals surface area contributed by atoms with E-state index in [0.29, 0.717) is 18.8 Å². The van der Waals surface area contributed by atoms with E-state index in [4.69, 9.17) is 72.6 Å². The van der Waals surface area contributed by atoms with Gasteiger partial charge in [0.05, 0.1) is 33.0 Å². The van der Waals surface area contributed by atoms with Gasteiger partial charge in [0.25, 0.3) is 5.91 Å². The third-order valence-electron chi connectivity index (χ3n) is 20.4. The maximum atomic E-state index is 14.1. The Kier molecular flexibility index (Phi) is 32.3. The van der Waals surface area contributed by atoms with Gasteiger partial charge in [-0.3, -0.25) is 33.0 Å². The predicted octanol–water partition coefficient (Wildman–Crippen LogP) is -3.37. The van der Waals surface area contributed by atoms with Crippen molar-refractivity contribution in [1.29, 1.82) is 0 Å². The molecule has 5 heterocycles. The second kappa shape index (κ2) is 38.9. The normalized spacial score (nSPS) is 37.3. The molecule has 41 heteroatoms. The van der Waals surface area contributed by atoms with Gasteiger partial charge in [0.15, 0.2) is 67.8 Å². The number of ether oxygens (including phenoxy) is 11. The molecule has 7 aliphatic rings. The van der Waals surface area contributed by atoms with Crippen molar-refractivity contribution in [1.82, 2.24) is 16.0 Å². The molecule has 110 heavy (non-hydrogen) atoms. The van der Waals surface area contributed by atoms with Gasteiger partial charge in [-0.1, -0.05) is 75.8 Å². The van der Waals surface area contributed by atoms with Crippen molar-refractivity contribution in [2.24, 2.45) is 28.2 Å². The Morgan fingerprint density at radius 2 is 1.31 bits per heavy atom. The highest BCUT2D eigenvalue weighted by Crippen LogP contribution is 2.50. The number of ketones is 1. The van der Waals surface area contributed by atoms with Gasteiger partial charge in [0.1, 0.15) is 108 Å². The van der Waals surface area contributed by atoms with Crippen LogP contribution in [-0.2, 0) is 94.5 Å². The molecule has 21 N–H and O–H groups in total. The predicted molar refractivity (Wildman–Crippen MR) is 371 cm³/mol. The van der Waals surface area contributed by atoms with Crippen molar-refractivity contribution in [2.45, 2.75) is 279 Å². The average Bonchev–Trinajstić information content (AvgIpc) is 0.908. The molecule has 0 radical (unpaired) electrons. The summed E-state index contributed by atoms with van der Waals surface area (Å²) in [6, 6.07) is -4.16. The van der Waals surface area contributed by atoms with Gasteiger partial charge in [-0.15, -0.1) is 0 Å². The molecule has 28 atom stereocenters. The fourth-order valence-electron chi connectivity index (χ4n) is 14.0. The van der Waals surface area contributed by atoms with Gasteiger partial charge in [-0.2, -0.15) is 0 Å². The number of aliphatic hydroxyl groups is 12. The molecule has 0 bridgehead atoms. The van der Waals surface area contributed by atoms with Crippen molar-refractivity contribution in [2.75, 3.05) is 33.0 Å². The molecule has 6 fully saturated rings. The summed E-state index contributed by atoms with van der Waals surface area (Å²) in [5.41, 5.74) is 10.8. The van der Waals surface area contributed by atoms with E-state index in [0.717, 1.165) is 64.9 Å². The molecular weight excluding hydrogens is 1490 g/mol. The van der Waals surface area contributed by atoms with Crippen LogP contribution in [0.4, 0.5) is 4.79 Å². The van der Waals surface area contributed by atoms with Gasteiger partial charge < -0.3 is 151 Å². The van der Waals surface area contributed by atoms with Crippen molar-refractivity contribution in [3.63, 3.8) is 0 Å². The van der Waals surface area contributed by atoms with Crippen LogP contribution in [0.15, 0.2) is 59.6 Å². The molecule has 4 unspecified atom stereocenters. The zero-order chi connectivity index (χ0) is 82.0. The topological polar surface area (TPSA) is 628 Å². The highest BCUT2D eigenvalue weighted by atomic mass is 31.2. The third kappa shape index (κ3) is 23.2. The van der Waals surface area contributed by atoms with Crippen molar-refractivity contribution in [3.8, 4) is 0 Å². The second-order valence-electron chi connectivity index (χ2n) is 30.1. The Morgan fingerprint density at radius 1 is 0.736 bits per heavy atom. The van der Waals surface area contributed by atoms with Crippen molar-refractivity contribution < 1.29 is 171 Å². The number of hydrogen-bond donors (Lipinski definition) is 19. The average molecular weight is 1600 g/mol. The summed E-state index contributed by atoms with van der Waals surface area (Å²) in [4.78, 5) is 102. The quantitative estimate of drug-likeness (QED) is 0.0218. The number of carboxylic acids is 1. The van der Waals surface area contributed by atoms with E-state index in [2.05, 4.69) is 62.9 Å². The Hall–Kier alpha value is -5.94. The number of aliphatic hydroxyl groups excluding tert-OH is 11. The zero-order valence-corrected chi connectivity index (χ0v) is 63.1. The standard InChI is InChI=1S/C69H108N5O35P/c1-29(14-11-12-20-67(6,7)22-18-30(2)24-34-31(3)15-13-21-68(34,8)9)19-23-97-40(60(91)92)28-99-110(95,96)109-65-55(56(108-66(71)93)69(10,94)57(107-65)58(70)89)106-62-43(73-33(5)78)46(83)53(39(102-62)27-98-63-50(87)47(84)44(81)37(25-75)100-63)103-61-42(72-32(4)77)45(82)52(38(26-76)101-61)104-64-51(88)48(85)49(86)54(105-64)59(90)74-41-35(79)16-17-36(41)80/h12,19-20,34,37-40,42-57,61-65,75-76,79,81-88,94H,2-3,11,13-18,21-28H2,1,4-10H3,(H2,70,89)(H2,71,93)(H,72,77)(H,73,78)(H,74,90)(H,91,92)(H,95,96)/b20-12+,29-19-/t34?,37-,38-,39-,40-,42-,43-,44-,45?,46-,47+,48+,49-,50-,51-,52-,53-,54+,55-,56-,57-,61+,62?,63-,64-,65-,69+/m1/s1. The summed E-state index contributed by atoms with van der Waals surface area (Å²) in [5, 5.41) is 150. The molecule has 5 saturated heterocycles. The number of primary amides is 2. The summed E-state index contributed by atoms with van der Waals surface area (Å²) in [6.07, 6.45) is -40.2. The molecule has 7 rings (SSSR count). The minimum Gasteiger partial charge on any atom is -0.510 e. The van der Waals surface area contributed by atoms with E-state index in [9.17, 15) is 109 Å². The minimum atomic E-state index is -5.87. The van der Waals surface area contributed by atoms with E-state index in [1.807, 2.05) is 6.08 Å². The number of allylic oxidation sites excluding steroid dienone is 7. The molecule has 5 aliphatic heterocycles. The van der Waals surface area contributed by atoms with Gasteiger partial charge in [0.2, 0.25) is 17.7 Å². The van der Waals surface area contributed by atoms with Gasteiger partial charge >= 0.3 is 19.9 Å². The van der Waals surface area contributed by atoms with Gasteiger partial charge in [-0.25, -0.2) is 14.2 Å². The lowest BCUT2D eigenvalue weighted by Crippen LogP contribution is -2.72. The molecule has 0 aromatic heterocycles. The third-order valence-corrected chi connectivity index (χ3v) is 21.3. The highest BCUT2D eigenvalue weighted by Gasteiger charge is 2.63. The number of aliphatic carboxylic acids is 1. The molecule has 5 amide bonds. The number of phosphoric ester groups is 1. The van der Waals surface area contributed by atoms with Crippen LogP contribution in [0, 0.1) is 16.7 Å². The number of nitrogens with one attached hydrogen (secondary N) is 3. The van der Waals surface area contributed by atoms with Crippen molar-refractivity contribution >= 4 is 49.3 Å². The molecule has 2 aliphatic carbocycles. The van der Waals surface area contributed by atoms with Gasteiger partial charge in [-0.05, 0) is 82.0 Å². The molecule has 1 saturated carbocycles. The largest absolute Gasteiger partial charge is 0.510 e. The monoisotopic (exact) mass is 1600 g/mol. The first-order valence-electron chi connectivity index (χ1n) is 35.8. The van der Waals surface area contributed by atoms with E-state index >= 15 is 0 Å². The van der Waals surface area contributed by atoms with Crippen molar-refractivity contribution in [3.05, 3.63) is 59.6 Å². The summed E-state index contributed by atoms with van der Waals surface area (Å²) in [5.74, 6) is -7.48. The fraction of sp³-hybridized carbons (Fsp3) is 0.754. The highest BCUT2D eigenvalue weighted by molar-refractivity contribution is 7.47. The Morgan fingerprint density at radius 3 is 1.87 bits per heavy atom. The van der Waals surface area contributed by atoms with E-state index in [-0.39, 0.29) is 30.3 Å². The second-order valence-corrected chi connectivity index (χ2v) is 31.5. The lowest BCUT2D eigenvalue weighted by atomic mass is 9.64. The molecular formula is C69H108N5O35P. The first-order chi connectivity index (χ1) is 51.3. The van der Waals surface area contributed by atoms with Crippen LogP contribution in [-0.4, -0.2) is 305 Å². The zero-order valence-electron chi connectivity index (χ0n) is 62.2. The number of hydrogen-bond acceptors (Lipinski definition) is 33. The number of carboxylic acid groups (broad SMARTS) is 1. The molecule has 0 aromatic carbocycles. The Labute approximate surface area is 633 Å². The summed E-state index contributed by atoms with van der Waals surface area (Å²) < 4.78 is 88.6. The molecule has 0 spiro atoms. The summed E-state index contributed by atoms with van der Waals surface area (Å²) >= 11 is 0. The molecule has 624 valence electrons. The minimum absolute atomic E-state index is 0.151. The maximum absolute atomic E-state index is 14.1. The van der Waals surface area contributed by atoms with Crippen LogP contribution in [0.3, 0.4) is 0 Å². The summed E-state index contributed by atoms with van der Waals surface area (Å²) in [6.45, 7) is 17.0. The van der Waals surface area contributed by atoms with Crippen LogP contribution >= 0.6 is 7.82 Å². The SMILES string of the molecule is C=C(CCC(C)(C)/C=C/CC/C(C)=C\CO[C@H](COP(=O)(O)O[C@H]1O[C@H](C(N)=O)[C@@](C)(O)[C@H](OC(N)=O)[C@H]1OC1O[C@H](CO[C@@H]2O[C@H](CO)[C@@H](O)[C@H](O)[C@H]2O)[C@@H](O[C@@H]2O[C@H](CO)[C@@H](O[C@@H]3O[C@H](C(=O)NC4=C(O)CCC4=O)[C@H](O)[C@H](O)[C@H]3O)C(O)[C@H]2NC(C)=O)[C@H](O)[C@H]1NC(C)=O)C(=O)O)CC1C(=C)CCCC1(C)C. The number of amides is 5. The Bertz CT molecular complexity index is 3390. The van der Waals surface area contributed by atoms with E-state index in [1.165, 1.54) is 11.1 Å².